The van der Waals surface area contributed by atoms with Crippen LogP contribution in [0.1, 0.15) is 25.7 Å². The van der Waals surface area contributed by atoms with Crippen molar-refractivity contribution in [3.05, 3.63) is 0 Å². The summed E-state index contributed by atoms with van der Waals surface area (Å²) < 4.78 is 0. The van der Waals surface area contributed by atoms with E-state index in [1.807, 2.05) is 0 Å². The van der Waals surface area contributed by atoms with E-state index < -0.39 is 11.9 Å². The van der Waals surface area contributed by atoms with Gasteiger partial charge in [0.25, 0.3) is 0 Å². The Bertz CT molecular complexity index is 124. The minimum Gasteiger partial charge on any atom is -0.481 e. The van der Waals surface area contributed by atoms with Crippen molar-refractivity contribution in [3.63, 3.8) is 0 Å². The Morgan fingerprint density at radius 1 is 0.917 bits per heavy atom. The van der Waals surface area contributed by atoms with Gasteiger partial charge in [0.05, 0.1) is 0 Å². The van der Waals surface area contributed by atoms with Crippen LogP contribution in [0.5, 0.6) is 0 Å². The fourth-order valence-electron chi connectivity index (χ4n) is 0.552. The Labute approximate surface area is 83.5 Å². The van der Waals surface area contributed by atoms with E-state index in [4.69, 9.17) is 10.2 Å². The Morgan fingerprint density at radius 3 is 1.33 bits per heavy atom. The molecule has 0 saturated heterocycles. The molecule has 0 rings (SSSR count). The molecule has 68 valence electrons. The molecule has 0 aromatic heterocycles. The van der Waals surface area contributed by atoms with Crippen molar-refractivity contribution < 1.29 is 39.3 Å². The topological polar surface area (TPSA) is 110 Å². The van der Waals surface area contributed by atoms with Crippen molar-refractivity contribution in [1.29, 1.82) is 0 Å². The quantitative estimate of drug-likeness (QED) is 0.478. The van der Waals surface area contributed by atoms with E-state index in [0.29, 0.717) is 12.8 Å². The standard InChI is InChI=1S/C6H10O4.H3N.Zn/c7-5(8)3-1-2-4-6(9)10;;/h1-4H2,(H,7,8)(H,9,10);1H3;. The van der Waals surface area contributed by atoms with Crippen LogP contribution in [0.3, 0.4) is 0 Å². The monoisotopic (exact) mass is 227 g/mol. The maximum absolute atomic E-state index is 9.90. The molecular weight excluding hydrogens is 215 g/mol. The van der Waals surface area contributed by atoms with Gasteiger partial charge in [-0.3, -0.25) is 9.59 Å². The second-order valence-corrected chi connectivity index (χ2v) is 1.99. The third kappa shape index (κ3) is 16.3. The van der Waals surface area contributed by atoms with Gasteiger partial charge in [0.2, 0.25) is 0 Å². The fraction of sp³-hybridized carbons (Fsp3) is 0.667. The third-order valence-electron chi connectivity index (χ3n) is 1.03. The van der Waals surface area contributed by atoms with Gasteiger partial charge in [-0.1, -0.05) is 0 Å². The van der Waals surface area contributed by atoms with Gasteiger partial charge in [0, 0.05) is 32.3 Å². The molecule has 0 saturated carbocycles. The Kier molecular flexibility index (Phi) is 15.4. The van der Waals surface area contributed by atoms with E-state index in [1.165, 1.54) is 0 Å². The summed E-state index contributed by atoms with van der Waals surface area (Å²) in [6.07, 6.45) is 1.02. The van der Waals surface area contributed by atoms with Crippen LogP contribution >= 0.6 is 0 Å². The van der Waals surface area contributed by atoms with Crippen molar-refractivity contribution >= 4 is 11.9 Å². The molecule has 6 heteroatoms. The molecule has 0 heterocycles. The zero-order valence-electron chi connectivity index (χ0n) is 6.95. The number of carboxylic acid groups (broad SMARTS) is 2. The van der Waals surface area contributed by atoms with Crippen LogP contribution in [0.15, 0.2) is 0 Å². The first-order chi connectivity index (χ1) is 4.63. The SMILES string of the molecule is N.O=C(O)CCCCC(=O)O.[Zn]. The molecule has 12 heavy (non-hydrogen) atoms. The summed E-state index contributed by atoms with van der Waals surface area (Å²) >= 11 is 0. The first kappa shape index (κ1) is 17.6. The first-order valence-corrected chi connectivity index (χ1v) is 3.06. The van der Waals surface area contributed by atoms with Gasteiger partial charge in [0.1, 0.15) is 0 Å². The maximum Gasteiger partial charge on any atom is 0.303 e. The normalized spacial score (nSPS) is 7.67. The van der Waals surface area contributed by atoms with Gasteiger partial charge in [0.15, 0.2) is 0 Å². The molecule has 0 bridgehead atoms. The molecule has 5 nitrogen and oxygen atoms in total. The largest absolute Gasteiger partial charge is 0.481 e. The van der Waals surface area contributed by atoms with E-state index in [-0.39, 0.29) is 38.5 Å². The molecule has 0 aliphatic rings. The zero-order chi connectivity index (χ0) is 7.98. The summed E-state index contributed by atoms with van der Waals surface area (Å²) in [6, 6.07) is 0. The van der Waals surface area contributed by atoms with E-state index in [0.717, 1.165) is 0 Å². The summed E-state index contributed by atoms with van der Waals surface area (Å²) in [5.74, 6) is -1.74. The molecule has 0 spiro atoms. The number of hydrogen-bond acceptors (Lipinski definition) is 3. The van der Waals surface area contributed by atoms with Gasteiger partial charge in [-0.2, -0.15) is 0 Å². The number of carboxylic acids is 2. The summed E-state index contributed by atoms with van der Waals surface area (Å²) in [5, 5.41) is 16.3. The van der Waals surface area contributed by atoms with Crippen molar-refractivity contribution in [2.75, 3.05) is 0 Å². The van der Waals surface area contributed by atoms with Gasteiger partial charge >= 0.3 is 11.9 Å². The van der Waals surface area contributed by atoms with Crippen molar-refractivity contribution in [3.8, 4) is 0 Å². The maximum atomic E-state index is 9.90. The smallest absolute Gasteiger partial charge is 0.303 e. The number of unbranched alkanes of at least 4 members (excludes halogenated alkanes) is 1. The van der Waals surface area contributed by atoms with Crippen molar-refractivity contribution in [2.45, 2.75) is 25.7 Å². The molecule has 0 aliphatic carbocycles. The second-order valence-electron chi connectivity index (χ2n) is 1.99. The van der Waals surface area contributed by atoms with E-state index in [2.05, 4.69) is 0 Å². The molecule has 0 atom stereocenters. The Morgan fingerprint density at radius 2 is 1.17 bits per heavy atom. The molecule has 0 fully saturated rings. The predicted molar refractivity (Wildman–Crippen MR) is 38.8 cm³/mol. The molecule has 0 aliphatic heterocycles. The average molecular weight is 229 g/mol. The Hall–Kier alpha value is -0.477. The predicted octanol–water partition coefficient (Wildman–Crippen LogP) is 0.875. The molecule has 0 unspecified atom stereocenters. The van der Waals surface area contributed by atoms with E-state index >= 15 is 0 Å². The number of carbonyl (C=O) groups is 2. The van der Waals surface area contributed by atoms with Crippen LogP contribution in [0, 0.1) is 0 Å². The molecular formula is C6H13NO4Zn. The Balaban J connectivity index is -0.000000405. The summed E-state index contributed by atoms with van der Waals surface area (Å²) in [6.45, 7) is 0. The van der Waals surface area contributed by atoms with Crippen LogP contribution in [0.2, 0.25) is 0 Å². The van der Waals surface area contributed by atoms with Gasteiger partial charge in [-0.15, -0.1) is 0 Å². The summed E-state index contributed by atoms with van der Waals surface area (Å²) in [5.41, 5.74) is 0. The third-order valence-corrected chi connectivity index (χ3v) is 1.03. The minimum absolute atomic E-state index is 0. The number of aliphatic carboxylic acids is 2. The molecule has 0 amide bonds. The van der Waals surface area contributed by atoms with E-state index in [1.54, 1.807) is 0 Å². The number of rotatable bonds is 5. The van der Waals surface area contributed by atoms with Crippen LogP contribution < -0.4 is 6.15 Å². The molecule has 0 radical (unpaired) electrons. The minimum atomic E-state index is -0.870. The summed E-state index contributed by atoms with van der Waals surface area (Å²) in [4.78, 5) is 19.8. The van der Waals surface area contributed by atoms with Gasteiger partial charge in [-0.25, -0.2) is 0 Å². The summed E-state index contributed by atoms with van der Waals surface area (Å²) in [7, 11) is 0. The molecule has 5 N–H and O–H groups in total. The average Bonchev–Trinajstić information content (AvgIpc) is 1.79. The second kappa shape index (κ2) is 10.5. The van der Waals surface area contributed by atoms with Crippen LogP contribution in [0.25, 0.3) is 0 Å². The number of hydrogen-bond donors (Lipinski definition) is 3. The molecule has 0 aromatic carbocycles. The van der Waals surface area contributed by atoms with Crippen molar-refractivity contribution in [1.82, 2.24) is 6.15 Å². The van der Waals surface area contributed by atoms with Crippen LogP contribution in [-0.2, 0) is 29.1 Å². The van der Waals surface area contributed by atoms with Gasteiger partial charge in [-0.05, 0) is 12.8 Å². The van der Waals surface area contributed by atoms with Crippen molar-refractivity contribution in [2.24, 2.45) is 0 Å². The fourth-order valence-corrected chi connectivity index (χ4v) is 0.552. The van der Waals surface area contributed by atoms with Gasteiger partial charge < -0.3 is 16.4 Å². The van der Waals surface area contributed by atoms with E-state index in [9.17, 15) is 9.59 Å². The molecule has 0 aromatic rings. The first-order valence-electron chi connectivity index (χ1n) is 3.06. The zero-order valence-corrected chi connectivity index (χ0v) is 9.92. The van der Waals surface area contributed by atoms with Crippen LogP contribution in [0.4, 0.5) is 0 Å². The van der Waals surface area contributed by atoms with Crippen LogP contribution in [-0.4, -0.2) is 22.2 Å².